The molecule has 0 aliphatic carbocycles. The summed E-state index contributed by atoms with van der Waals surface area (Å²) < 4.78 is 11.5. The van der Waals surface area contributed by atoms with Crippen LogP contribution >= 0.6 is 11.8 Å². The summed E-state index contributed by atoms with van der Waals surface area (Å²) in [5.41, 5.74) is 4.98. The zero-order valence-electron chi connectivity index (χ0n) is 14.1. The molecule has 0 fully saturated rings. The van der Waals surface area contributed by atoms with Crippen molar-refractivity contribution >= 4 is 22.9 Å². The Morgan fingerprint density at radius 2 is 1.88 bits per heavy atom. The molecular weight excluding hydrogens is 322 g/mol. The third kappa shape index (κ3) is 3.74. The number of aliphatic hydroxyl groups excluding tert-OH is 1. The molecule has 1 aromatic heterocycles. The third-order valence-electron chi connectivity index (χ3n) is 3.97. The fraction of sp³-hybridized carbons (Fsp3) is 0.316. The number of aliphatic hydroxyl groups is 1. The molecule has 0 amide bonds. The topological polar surface area (TPSA) is 55.5 Å². The van der Waals surface area contributed by atoms with Crippen LogP contribution in [0.5, 0.6) is 5.75 Å². The first-order chi connectivity index (χ1) is 11.5. The summed E-state index contributed by atoms with van der Waals surface area (Å²) in [6.07, 6.45) is -0.593. The normalized spacial score (nSPS) is 12.5. The summed E-state index contributed by atoms with van der Waals surface area (Å²) in [4.78, 5) is 4.39. The van der Waals surface area contributed by atoms with Crippen LogP contribution in [0.1, 0.15) is 16.7 Å². The van der Waals surface area contributed by atoms with Gasteiger partial charge in [-0.3, -0.25) is 0 Å². The maximum absolute atomic E-state index is 10.2. The average Bonchev–Trinajstić information content (AvgIpc) is 2.99. The van der Waals surface area contributed by atoms with Crippen molar-refractivity contribution in [2.24, 2.45) is 0 Å². The Labute approximate surface area is 145 Å². The van der Waals surface area contributed by atoms with Gasteiger partial charge in [0.2, 0.25) is 0 Å². The van der Waals surface area contributed by atoms with Crippen molar-refractivity contribution < 1.29 is 14.3 Å². The molecule has 3 aromatic rings. The molecule has 0 spiro atoms. The van der Waals surface area contributed by atoms with Crippen LogP contribution in [0.4, 0.5) is 0 Å². The fourth-order valence-electron chi connectivity index (χ4n) is 2.46. The fourth-order valence-corrected chi connectivity index (χ4v) is 3.20. The van der Waals surface area contributed by atoms with Crippen LogP contribution in [0.3, 0.4) is 0 Å². The van der Waals surface area contributed by atoms with Crippen molar-refractivity contribution in [3.05, 3.63) is 53.1 Å². The zero-order valence-corrected chi connectivity index (χ0v) is 14.9. The van der Waals surface area contributed by atoms with E-state index in [1.54, 1.807) is 0 Å². The standard InChI is InChI=1S/C19H21NO3S/c1-12-8-9-13(2)18(14(12)3)22-10-15(21)11-24-19-20-16-6-4-5-7-17(16)23-19/h4-9,15,21H,10-11H2,1-3H3/t15-/m1/s1. The summed E-state index contributed by atoms with van der Waals surface area (Å²) in [6.45, 7) is 6.36. The number of hydrogen-bond donors (Lipinski definition) is 1. The molecule has 1 heterocycles. The molecule has 126 valence electrons. The van der Waals surface area contributed by atoms with Crippen LogP contribution in [-0.2, 0) is 0 Å². The van der Waals surface area contributed by atoms with Gasteiger partial charge in [-0.15, -0.1) is 0 Å². The van der Waals surface area contributed by atoms with E-state index < -0.39 is 6.10 Å². The molecule has 0 bridgehead atoms. The summed E-state index contributed by atoms with van der Waals surface area (Å²) in [5.74, 6) is 1.33. The van der Waals surface area contributed by atoms with Gasteiger partial charge in [0, 0.05) is 5.75 Å². The predicted octanol–water partition coefficient (Wildman–Crippen LogP) is 4.29. The Kier molecular flexibility index (Phi) is 5.11. The number of oxazole rings is 1. The van der Waals surface area contributed by atoms with Gasteiger partial charge < -0.3 is 14.3 Å². The van der Waals surface area contributed by atoms with E-state index in [1.807, 2.05) is 44.2 Å². The van der Waals surface area contributed by atoms with Crippen molar-refractivity contribution in [1.82, 2.24) is 4.98 Å². The number of nitrogens with zero attached hydrogens (tertiary/aromatic N) is 1. The van der Waals surface area contributed by atoms with E-state index in [-0.39, 0.29) is 6.61 Å². The number of thioether (sulfide) groups is 1. The highest BCUT2D eigenvalue weighted by Crippen LogP contribution is 2.27. The van der Waals surface area contributed by atoms with E-state index in [0.717, 1.165) is 28.0 Å². The Bertz CT molecular complexity index is 811. The van der Waals surface area contributed by atoms with E-state index in [2.05, 4.69) is 18.0 Å². The SMILES string of the molecule is Cc1ccc(C)c(OC[C@@H](O)CSc2nc3ccccc3o2)c1C. The lowest BCUT2D eigenvalue weighted by Gasteiger charge is -2.16. The van der Waals surface area contributed by atoms with Crippen molar-refractivity contribution in [1.29, 1.82) is 0 Å². The van der Waals surface area contributed by atoms with Crippen molar-refractivity contribution in [3.8, 4) is 5.75 Å². The first-order valence-electron chi connectivity index (χ1n) is 7.90. The molecule has 2 aromatic carbocycles. The van der Waals surface area contributed by atoms with Gasteiger partial charge in [0.05, 0.1) is 6.10 Å². The second-order valence-electron chi connectivity index (χ2n) is 5.88. The van der Waals surface area contributed by atoms with Crippen LogP contribution in [-0.4, -0.2) is 28.6 Å². The second-order valence-corrected chi connectivity index (χ2v) is 6.85. The number of aromatic nitrogens is 1. The van der Waals surface area contributed by atoms with Crippen molar-refractivity contribution in [2.75, 3.05) is 12.4 Å². The lowest BCUT2D eigenvalue weighted by atomic mass is 10.1. The minimum absolute atomic E-state index is 0.248. The number of benzene rings is 2. The third-order valence-corrected chi connectivity index (χ3v) is 4.94. The number of aryl methyl sites for hydroxylation is 2. The average molecular weight is 343 g/mol. The Morgan fingerprint density at radius 3 is 2.67 bits per heavy atom. The van der Waals surface area contributed by atoms with Crippen LogP contribution in [0, 0.1) is 20.8 Å². The van der Waals surface area contributed by atoms with Gasteiger partial charge in [0.25, 0.3) is 5.22 Å². The quantitative estimate of drug-likeness (QED) is 0.677. The number of ether oxygens (including phenoxy) is 1. The van der Waals surface area contributed by atoms with Gasteiger partial charge in [-0.25, -0.2) is 4.98 Å². The maximum Gasteiger partial charge on any atom is 0.256 e. The van der Waals surface area contributed by atoms with Crippen LogP contribution in [0.2, 0.25) is 0 Å². The lowest BCUT2D eigenvalue weighted by molar-refractivity contribution is 0.125. The molecule has 1 atom stereocenters. The highest BCUT2D eigenvalue weighted by Gasteiger charge is 2.13. The van der Waals surface area contributed by atoms with Gasteiger partial charge in [0.1, 0.15) is 17.9 Å². The zero-order chi connectivity index (χ0) is 17.1. The van der Waals surface area contributed by atoms with E-state index in [4.69, 9.17) is 9.15 Å². The molecule has 5 heteroatoms. The monoisotopic (exact) mass is 343 g/mol. The lowest BCUT2D eigenvalue weighted by Crippen LogP contribution is -2.20. The number of fused-ring (bicyclic) bond motifs is 1. The number of rotatable bonds is 6. The molecule has 0 saturated carbocycles. The van der Waals surface area contributed by atoms with E-state index in [9.17, 15) is 5.11 Å². The molecule has 1 N–H and O–H groups in total. The molecule has 4 nitrogen and oxygen atoms in total. The largest absolute Gasteiger partial charge is 0.490 e. The Hall–Kier alpha value is -1.98. The molecule has 3 rings (SSSR count). The van der Waals surface area contributed by atoms with E-state index in [1.165, 1.54) is 17.3 Å². The van der Waals surface area contributed by atoms with Crippen molar-refractivity contribution in [3.63, 3.8) is 0 Å². The maximum atomic E-state index is 10.2. The van der Waals surface area contributed by atoms with Gasteiger partial charge in [0.15, 0.2) is 5.58 Å². The smallest absolute Gasteiger partial charge is 0.256 e. The highest BCUT2D eigenvalue weighted by atomic mass is 32.2. The van der Waals surface area contributed by atoms with Crippen LogP contribution < -0.4 is 4.74 Å². The van der Waals surface area contributed by atoms with Crippen LogP contribution in [0.25, 0.3) is 11.1 Å². The van der Waals surface area contributed by atoms with Gasteiger partial charge in [-0.1, -0.05) is 36.0 Å². The molecule has 0 radical (unpaired) electrons. The van der Waals surface area contributed by atoms with Gasteiger partial charge in [-0.05, 0) is 49.6 Å². The molecule has 0 aliphatic heterocycles. The Balaban J connectivity index is 1.56. The predicted molar refractivity (Wildman–Crippen MR) is 96.9 cm³/mol. The van der Waals surface area contributed by atoms with Crippen LogP contribution in [0.15, 0.2) is 46.0 Å². The highest BCUT2D eigenvalue weighted by molar-refractivity contribution is 7.99. The minimum Gasteiger partial charge on any atom is -0.490 e. The molecular formula is C19H21NO3S. The number of para-hydroxylation sites is 2. The molecule has 0 saturated heterocycles. The van der Waals surface area contributed by atoms with Gasteiger partial charge >= 0.3 is 0 Å². The second kappa shape index (κ2) is 7.28. The van der Waals surface area contributed by atoms with E-state index >= 15 is 0 Å². The first kappa shape index (κ1) is 16.9. The molecule has 24 heavy (non-hydrogen) atoms. The summed E-state index contributed by atoms with van der Waals surface area (Å²) >= 11 is 1.39. The minimum atomic E-state index is -0.593. The molecule has 0 unspecified atom stereocenters. The van der Waals surface area contributed by atoms with Gasteiger partial charge in [-0.2, -0.15) is 0 Å². The number of hydrogen-bond acceptors (Lipinski definition) is 5. The molecule has 0 aliphatic rings. The summed E-state index contributed by atoms with van der Waals surface area (Å²) in [6, 6.07) is 11.8. The van der Waals surface area contributed by atoms with E-state index in [0.29, 0.717) is 11.0 Å². The Morgan fingerprint density at radius 1 is 1.12 bits per heavy atom. The summed E-state index contributed by atoms with van der Waals surface area (Å²) in [5, 5.41) is 10.8. The van der Waals surface area contributed by atoms with Crippen molar-refractivity contribution in [2.45, 2.75) is 32.1 Å². The first-order valence-corrected chi connectivity index (χ1v) is 8.89. The summed E-state index contributed by atoms with van der Waals surface area (Å²) in [7, 11) is 0.